The van der Waals surface area contributed by atoms with Crippen molar-refractivity contribution in [2.75, 3.05) is 20.1 Å². The monoisotopic (exact) mass is 357 g/mol. The maximum Gasteiger partial charge on any atom is 0.239 e. The summed E-state index contributed by atoms with van der Waals surface area (Å²) in [5.74, 6) is 2.54. The number of rotatable bonds is 7. The van der Waals surface area contributed by atoms with Crippen LogP contribution in [0.5, 0.6) is 0 Å². The van der Waals surface area contributed by atoms with Gasteiger partial charge in [0.15, 0.2) is 0 Å². The number of amides is 2. The van der Waals surface area contributed by atoms with Crippen molar-refractivity contribution in [1.82, 2.24) is 16.0 Å². The summed E-state index contributed by atoms with van der Waals surface area (Å²) in [6, 6.07) is 0.238. The maximum absolute atomic E-state index is 12.3. The molecular formula is C18H32ClN3O2. The van der Waals surface area contributed by atoms with Crippen molar-refractivity contribution >= 4 is 24.2 Å². The third-order valence-electron chi connectivity index (χ3n) is 6.24. The van der Waals surface area contributed by atoms with Crippen molar-refractivity contribution < 1.29 is 9.59 Å². The van der Waals surface area contributed by atoms with Gasteiger partial charge in [0.1, 0.15) is 0 Å². The maximum atomic E-state index is 12.3. The van der Waals surface area contributed by atoms with E-state index in [9.17, 15) is 9.59 Å². The lowest BCUT2D eigenvalue weighted by molar-refractivity contribution is -0.131. The number of carbonyl (C=O) groups is 2. The fourth-order valence-corrected chi connectivity index (χ4v) is 5.52. The van der Waals surface area contributed by atoms with Crippen LogP contribution >= 0.6 is 12.4 Å². The standard InChI is InChI=1S/C18H31N3O2.ClH/c1-12(19-2)10-20-17(23)11-21-16(22)9-18-6-13-3-14(7-18)5-15(4-13)8-18;/h12-15,19H,3-11H2,1-2H3,(H,20,23)(H,21,22);1H. The second-order valence-electron chi connectivity index (χ2n) is 8.36. The highest BCUT2D eigenvalue weighted by Crippen LogP contribution is 2.61. The van der Waals surface area contributed by atoms with Crippen molar-refractivity contribution in [2.24, 2.45) is 23.2 Å². The molecule has 1 unspecified atom stereocenters. The van der Waals surface area contributed by atoms with Crippen LogP contribution in [0.15, 0.2) is 0 Å². The van der Waals surface area contributed by atoms with Gasteiger partial charge in [0.25, 0.3) is 0 Å². The van der Waals surface area contributed by atoms with E-state index >= 15 is 0 Å². The van der Waals surface area contributed by atoms with Gasteiger partial charge in [-0.2, -0.15) is 0 Å². The quantitative estimate of drug-likeness (QED) is 0.651. The fourth-order valence-electron chi connectivity index (χ4n) is 5.52. The molecule has 0 heterocycles. The molecule has 0 aromatic carbocycles. The van der Waals surface area contributed by atoms with Crippen LogP contribution in [0.25, 0.3) is 0 Å². The first-order valence-electron chi connectivity index (χ1n) is 9.19. The summed E-state index contributed by atoms with van der Waals surface area (Å²) in [4.78, 5) is 24.1. The average Bonchev–Trinajstić information content (AvgIpc) is 2.48. The van der Waals surface area contributed by atoms with Gasteiger partial charge < -0.3 is 16.0 Å². The lowest BCUT2D eigenvalue weighted by atomic mass is 9.49. The highest BCUT2D eigenvalue weighted by molar-refractivity contribution is 5.85. The highest BCUT2D eigenvalue weighted by Gasteiger charge is 2.51. The number of carbonyl (C=O) groups excluding carboxylic acids is 2. The van der Waals surface area contributed by atoms with Crippen LogP contribution in [0, 0.1) is 23.2 Å². The van der Waals surface area contributed by atoms with Gasteiger partial charge in [-0.3, -0.25) is 9.59 Å². The molecule has 4 rings (SSSR count). The summed E-state index contributed by atoms with van der Waals surface area (Å²) in [7, 11) is 1.87. The third kappa shape index (κ3) is 4.63. The van der Waals surface area contributed by atoms with Crippen molar-refractivity contribution in [3.8, 4) is 0 Å². The Morgan fingerprint density at radius 1 is 1.00 bits per heavy atom. The largest absolute Gasteiger partial charge is 0.353 e. The Labute approximate surface area is 151 Å². The molecule has 0 aromatic rings. The molecule has 4 aliphatic carbocycles. The SMILES string of the molecule is CNC(C)CNC(=O)CNC(=O)CC12CC3CC(CC(C3)C1)C2.Cl. The second kappa shape index (κ2) is 8.05. The van der Waals surface area contributed by atoms with Crippen LogP contribution in [-0.4, -0.2) is 38.0 Å². The molecule has 0 spiro atoms. The van der Waals surface area contributed by atoms with E-state index in [1.165, 1.54) is 38.5 Å². The predicted molar refractivity (Wildman–Crippen MR) is 97.0 cm³/mol. The molecule has 6 heteroatoms. The van der Waals surface area contributed by atoms with Gasteiger partial charge in [-0.25, -0.2) is 0 Å². The lowest BCUT2D eigenvalue weighted by Gasteiger charge is -2.56. The van der Waals surface area contributed by atoms with Gasteiger partial charge in [-0.1, -0.05) is 0 Å². The molecule has 4 saturated carbocycles. The molecule has 0 saturated heterocycles. The van der Waals surface area contributed by atoms with Crippen LogP contribution in [-0.2, 0) is 9.59 Å². The average molecular weight is 358 g/mol. The second-order valence-corrected chi connectivity index (χ2v) is 8.36. The summed E-state index contributed by atoms with van der Waals surface area (Å²) >= 11 is 0. The summed E-state index contributed by atoms with van der Waals surface area (Å²) in [5, 5.41) is 8.73. The Hall–Kier alpha value is -0.810. The highest BCUT2D eigenvalue weighted by atomic mass is 35.5. The minimum absolute atomic E-state index is 0. The van der Waals surface area contributed by atoms with E-state index in [4.69, 9.17) is 0 Å². The molecule has 3 N–H and O–H groups in total. The van der Waals surface area contributed by atoms with Crippen molar-refractivity contribution in [3.05, 3.63) is 0 Å². The van der Waals surface area contributed by atoms with Gasteiger partial charge in [0.2, 0.25) is 11.8 Å². The number of hydrogen-bond donors (Lipinski definition) is 3. The molecule has 1 atom stereocenters. The van der Waals surface area contributed by atoms with Crippen LogP contribution < -0.4 is 16.0 Å². The van der Waals surface area contributed by atoms with E-state index in [1.807, 2.05) is 14.0 Å². The summed E-state index contributed by atoms with van der Waals surface area (Å²) in [6.07, 6.45) is 8.51. The van der Waals surface area contributed by atoms with E-state index in [1.54, 1.807) is 0 Å². The first-order valence-corrected chi connectivity index (χ1v) is 9.19. The minimum Gasteiger partial charge on any atom is -0.353 e. The fraction of sp³-hybridized carbons (Fsp3) is 0.889. The molecule has 2 amide bonds. The summed E-state index contributed by atoms with van der Waals surface area (Å²) < 4.78 is 0. The van der Waals surface area contributed by atoms with E-state index in [-0.39, 0.29) is 42.2 Å². The van der Waals surface area contributed by atoms with E-state index < -0.39 is 0 Å². The Bertz CT molecular complexity index is 434. The molecule has 5 nitrogen and oxygen atoms in total. The Morgan fingerprint density at radius 3 is 2.04 bits per heavy atom. The zero-order chi connectivity index (χ0) is 16.4. The van der Waals surface area contributed by atoms with E-state index in [0.29, 0.717) is 13.0 Å². The molecule has 0 radical (unpaired) electrons. The number of halogens is 1. The number of hydrogen-bond acceptors (Lipinski definition) is 3. The smallest absolute Gasteiger partial charge is 0.239 e. The molecule has 4 aliphatic rings. The Balaban J connectivity index is 0.00000208. The van der Waals surface area contributed by atoms with Crippen LogP contribution in [0.1, 0.15) is 51.9 Å². The van der Waals surface area contributed by atoms with Crippen molar-refractivity contribution in [2.45, 2.75) is 57.9 Å². The normalized spacial score (nSPS) is 34.3. The molecule has 0 aromatic heterocycles. The molecule has 4 bridgehead atoms. The predicted octanol–water partition coefficient (Wildman–Crippen LogP) is 1.85. The molecule has 4 fully saturated rings. The zero-order valence-electron chi connectivity index (χ0n) is 14.9. The van der Waals surface area contributed by atoms with Crippen LogP contribution in [0.4, 0.5) is 0 Å². The zero-order valence-corrected chi connectivity index (χ0v) is 15.7. The number of likely N-dealkylation sites (N-methyl/N-ethyl adjacent to an activating group) is 1. The topological polar surface area (TPSA) is 70.2 Å². The van der Waals surface area contributed by atoms with Gasteiger partial charge >= 0.3 is 0 Å². The molecule has 138 valence electrons. The van der Waals surface area contributed by atoms with Crippen molar-refractivity contribution in [3.63, 3.8) is 0 Å². The Kier molecular flexibility index (Phi) is 6.54. The first kappa shape index (κ1) is 19.5. The van der Waals surface area contributed by atoms with Gasteiger partial charge in [-0.05, 0) is 75.7 Å². The Morgan fingerprint density at radius 2 is 1.54 bits per heavy atom. The summed E-state index contributed by atoms with van der Waals surface area (Å²) in [6.45, 7) is 2.69. The van der Waals surface area contributed by atoms with Gasteiger partial charge in [-0.15, -0.1) is 12.4 Å². The number of nitrogens with one attached hydrogen (secondary N) is 3. The third-order valence-corrected chi connectivity index (χ3v) is 6.24. The molecular weight excluding hydrogens is 326 g/mol. The van der Waals surface area contributed by atoms with Crippen LogP contribution in [0.3, 0.4) is 0 Å². The molecule has 0 aliphatic heterocycles. The van der Waals surface area contributed by atoms with E-state index in [2.05, 4.69) is 16.0 Å². The summed E-state index contributed by atoms with van der Waals surface area (Å²) in [5.41, 5.74) is 0.246. The van der Waals surface area contributed by atoms with Crippen molar-refractivity contribution in [1.29, 1.82) is 0 Å². The first-order chi connectivity index (χ1) is 11.0. The minimum atomic E-state index is -0.106. The van der Waals surface area contributed by atoms with Gasteiger partial charge in [0.05, 0.1) is 6.54 Å². The van der Waals surface area contributed by atoms with E-state index in [0.717, 1.165) is 17.8 Å². The van der Waals surface area contributed by atoms with Crippen LogP contribution in [0.2, 0.25) is 0 Å². The lowest BCUT2D eigenvalue weighted by Crippen LogP contribution is -2.48. The molecule has 24 heavy (non-hydrogen) atoms. The van der Waals surface area contributed by atoms with Gasteiger partial charge in [0, 0.05) is 19.0 Å².